The highest BCUT2D eigenvalue weighted by Gasteiger charge is 2.19. The third-order valence-electron chi connectivity index (χ3n) is 5.20. The maximum Gasteiger partial charge on any atom is 0.352 e. The molecule has 31 heavy (non-hydrogen) atoms. The lowest BCUT2D eigenvalue weighted by Crippen LogP contribution is -2.42. The second-order valence-electron chi connectivity index (χ2n) is 7.24. The molecular weight excluding hydrogens is 420 g/mol. The lowest BCUT2D eigenvalue weighted by atomic mass is 10.1. The Bertz CT molecular complexity index is 1170. The van der Waals surface area contributed by atoms with E-state index in [1.54, 1.807) is 24.3 Å². The fourth-order valence-corrected chi connectivity index (χ4v) is 3.67. The van der Waals surface area contributed by atoms with Gasteiger partial charge in [-0.05, 0) is 29.3 Å². The van der Waals surface area contributed by atoms with Crippen molar-refractivity contribution in [2.24, 2.45) is 0 Å². The third-order valence-corrected chi connectivity index (χ3v) is 5.45. The molecular formula is C22H23ClN4O4. The first-order chi connectivity index (χ1) is 15.1. The standard InChI is InChI=1S/C22H23ClN4O4/c1-30-20-21(28)26(14-16-6-8-18(23)9-7-16)22(29)27(24-20)19-5-3-2-4-17(19)15-25-10-12-31-13-11-25/h2-9H,10-15H2,1H3. The summed E-state index contributed by atoms with van der Waals surface area (Å²) >= 11 is 5.95. The maximum atomic E-state index is 13.3. The number of morpholine rings is 1. The molecule has 0 spiro atoms. The van der Waals surface area contributed by atoms with E-state index in [1.807, 2.05) is 24.3 Å². The molecule has 0 N–H and O–H groups in total. The van der Waals surface area contributed by atoms with Crippen LogP contribution in [0.1, 0.15) is 11.1 Å². The van der Waals surface area contributed by atoms with Crippen molar-refractivity contribution in [2.75, 3.05) is 33.4 Å². The van der Waals surface area contributed by atoms with Gasteiger partial charge in [0.15, 0.2) is 0 Å². The first-order valence-corrected chi connectivity index (χ1v) is 10.4. The zero-order valence-electron chi connectivity index (χ0n) is 17.2. The Morgan fingerprint density at radius 1 is 1.03 bits per heavy atom. The zero-order valence-corrected chi connectivity index (χ0v) is 17.9. The molecule has 0 radical (unpaired) electrons. The monoisotopic (exact) mass is 442 g/mol. The van der Waals surface area contributed by atoms with Crippen molar-refractivity contribution in [2.45, 2.75) is 13.1 Å². The van der Waals surface area contributed by atoms with Gasteiger partial charge in [0.05, 0.1) is 32.6 Å². The summed E-state index contributed by atoms with van der Waals surface area (Å²) in [6, 6.07) is 14.5. The Labute approximate surface area is 184 Å². The highest BCUT2D eigenvalue weighted by atomic mass is 35.5. The SMILES string of the molecule is COc1nn(-c2ccccc2CN2CCOCC2)c(=O)n(Cc2ccc(Cl)cc2)c1=O. The fourth-order valence-electron chi connectivity index (χ4n) is 3.54. The van der Waals surface area contributed by atoms with Gasteiger partial charge in [-0.3, -0.25) is 9.69 Å². The molecule has 162 valence electrons. The van der Waals surface area contributed by atoms with Crippen molar-refractivity contribution in [1.82, 2.24) is 19.2 Å². The van der Waals surface area contributed by atoms with Crippen molar-refractivity contribution in [3.8, 4) is 11.6 Å². The molecule has 0 atom stereocenters. The van der Waals surface area contributed by atoms with Crippen LogP contribution in [0.4, 0.5) is 0 Å². The lowest BCUT2D eigenvalue weighted by molar-refractivity contribution is 0.0341. The summed E-state index contributed by atoms with van der Waals surface area (Å²) in [5, 5.41) is 4.80. The van der Waals surface area contributed by atoms with Crippen LogP contribution in [-0.4, -0.2) is 52.7 Å². The van der Waals surface area contributed by atoms with E-state index in [0.717, 1.165) is 28.8 Å². The van der Waals surface area contributed by atoms with Crippen molar-refractivity contribution < 1.29 is 9.47 Å². The van der Waals surface area contributed by atoms with Gasteiger partial charge in [-0.25, -0.2) is 9.36 Å². The summed E-state index contributed by atoms with van der Waals surface area (Å²) in [5.41, 5.74) is 1.20. The van der Waals surface area contributed by atoms with E-state index in [4.69, 9.17) is 21.1 Å². The van der Waals surface area contributed by atoms with Gasteiger partial charge in [-0.1, -0.05) is 41.9 Å². The molecule has 4 rings (SSSR count). The maximum absolute atomic E-state index is 13.3. The van der Waals surface area contributed by atoms with Crippen LogP contribution in [-0.2, 0) is 17.8 Å². The summed E-state index contributed by atoms with van der Waals surface area (Å²) in [4.78, 5) is 28.4. The van der Waals surface area contributed by atoms with Crippen LogP contribution in [0.15, 0.2) is 58.1 Å². The van der Waals surface area contributed by atoms with E-state index < -0.39 is 11.2 Å². The first kappa shape index (κ1) is 21.3. The second-order valence-corrected chi connectivity index (χ2v) is 7.68. The number of hydrogen-bond acceptors (Lipinski definition) is 6. The Kier molecular flexibility index (Phi) is 6.50. The third kappa shape index (κ3) is 4.71. The smallest absolute Gasteiger partial charge is 0.352 e. The highest BCUT2D eigenvalue weighted by molar-refractivity contribution is 6.30. The molecule has 0 aliphatic carbocycles. The van der Waals surface area contributed by atoms with Crippen LogP contribution in [0, 0.1) is 0 Å². The van der Waals surface area contributed by atoms with Gasteiger partial charge in [-0.2, -0.15) is 4.68 Å². The van der Waals surface area contributed by atoms with Crippen LogP contribution >= 0.6 is 11.6 Å². The predicted octanol–water partition coefficient (Wildman–Crippen LogP) is 1.94. The van der Waals surface area contributed by atoms with E-state index in [9.17, 15) is 9.59 Å². The van der Waals surface area contributed by atoms with E-state index in [1.165, 1.54) is 11.8 Å². The van der Waals surface area contributed by atoms with Gasteiger partial charge in [0, 0.05) is 24.7 Å². The van der Waals surface area contributed by atoms with Crippen LogP contribution in [0.5, 0.6) is 5.88 Å². The minimum atomic E-state index is -0.579. The molecule has 2 aromatic carbocycles. The van der Waals surface area contributed by atoms with Gasteiger partial charge in [0.1, 0.15) is 0 Å². The minimum Gasteiger partial charge on any atom is -0.476 e. The fraction of sp³-hybridized carbons (Fsp3) is 0.318. The summed E-state index contributed by atoms with van der Waals surface area (Å²) in [7, 11) is 1.37. The van der Waals surface area contributed by atoms with Gasteiger partial charge in [0.2, 0.25) is 0 Å². The average Bonchev–Trinajstić information content (AvgIpc) is 2.79. The molecule has 0 bridgehead atoms. The highest BCUT2D eigenvalue weighted by Crippen LogP contribution is 2.16. The summed E-state index contributed by atoms with van der Waals surface area (Å²) < 4.78 is 13.0. The molecule has 1 fully saturated rings. The number of nitrogens with zero attached hydrogens (tertiary/aromatic N) is 4. The van der Waals surface area contributed by atoms with E-state index >= 15 is 0 Å². The van der Waals surface area contributed by atoms with E-state index in [2.05, 4.69) is 10.00 Å². The Morgan fingerprint density at radius 2 is 1.74 bits per heavy atom. The molecule has 3 aromatic rings. The zero-order chi connectivity index (χ0) is 21.8. The molecule has 1 aliphatic heterocycles. The van der Waals surface area contributed by atoms with Crippen LogP contribution in [0.2, 0.25) is 5.02 Å². The van der Waals surface area contributed by atoms with E-state index in [-0.39, 0.29) is 12.4 Å². The average molecular weight is 443 g/mol. The van der Waals surface area contributed by atoms with Gasteiger partial charge in [0.25, 0.3) is 5.88 Å². The van der Waals surface area contributed by atoms with Crippen molar-refractivity contribution in [3.63, 3.8) is 0 Å². The molecule has 1 aliphatic rings. The Hall–Kier alpha value is -2.94. The summed E-state index contributed by atoms with van der Waals surface area (Å²) in [6.45, 7) is 3.72. The molecule has 8 nitrogen and oxygen atoms in total. The Balaban J connectivity index is 1.78. The van der Waals surface area contributed by atoms with Crippen molar-refractivity contribution >= 4 is 11.6 Å². The lowest BCUT2D eigenvalue weighted by Gasteiger charge is -2.27. The molecule has 1 aromatic heterocycles. The Morgan fingerprint density at radius 3 is 2.45 bits per heavy atom. The van der Waals surface area contributed by atoms with Crippen LogP contribution in [0.25, 0.3) is 5.69 Å². The second kappa shape index (κ2) is 9.47. The quantitative estimate of drug-likeness (QED) is 0.580. The van der Waals surface area contributed by atoms with Gasteiger partial charge >= 0.3 is 11.2 Å². The molecule has 0 saturated carbocycles. The van der Waals surface area contributed by atoms with Crippen molar-refractivity contribution in [1.29, 1.82) is 0 Å². The molecule has 2 heterocycles. The number of methoxy groups -OCH3 is 1. The molecule has 9 heteroatoms. The number of rotatable bonds is 6. The number of hydrogen-bond donors (Lipinski definition) is 0. The predicted molar refractivity (Wildman–Crippen MR) is 117 cm³/mol. The first-order valence-electron chi connectivity index (χ1n) is 9.98. The molecule has 1 saturated heterocycles. The minimum absolute atomic E-state index is 0.0827. The van der Waals surface area contributed by atoms with Gasteiger partial charge in [-0.15, -0.1) is 5.10 Å². The number of ether oxygens (including phenoxy) is 2. The van der Waals surface area contributed by atoms with Crippen LogP contribution < -0.4 is 16.0 Å². The topological polar surface area (TPSA) is 78.6 Å². The molecule has 0 amide bonds. The van der Waals surface area contributed by atoms with Crippen LogP contribution in [0.3, 0.4) is 0 Å². The number of para-hydroxylation sites is 1. The number of halogens is 1. The number of benzene rings is 2. The normalized spacial score (nSPS) is 14.5. The molecule has 0 unspecified atom stereocenters. The largest absolute Gasteiger partial charge is 0.476 e. The van der Waals surface area contributed by atoms with E-state index in [0.29, 0.717) is 30.5 Å². The summed E-state index contributed by atoms with van der Waals surface area (Å²) in [5.74, 6) is -0.144. The summed E-state index contributed by atoms with van der Waals surface area (Å²) in [6.07, 6.45) is 0. The van der Waals surface area contributed by atoms with Gasteiger partial charge < -0.3 is 9.47 Å². The van der Waals surface area contributed by atoms with Crippen molar-refractivity contribution in [3.05, 3.63) is 85.5 Å². The number of aromatic nitrogens is 3.